The second-order valence-corrected chi connectivity index (χ2v) is 5.33. The molecule has 3 nitrogen and oxygen atoms in total. The third-order valence-electron chi connectivity index (χ3n) is 1.84. The number of ether oxygens (including phenoxy) is 2. The molecule has 0 radical (unpaired) electrons. The normalized spacial score (nSPS) is 11.2. The zero-order valence-corrected chi connectivity index (χ0v) is 11.7. The minimum absolute atomic E-state index is 0.0670. The average Bonchev–Trinajstić information content (AvgIpc) is 2.14. The molecule has 0 amide bonds. The molecule has 5 heteroatoms. The van der Waals surface area contributed by atoms with Gasteiger partial charge in [-0.25, -0.2) is 9.18 Å². The predicted octanol–water partition coefficient (Wildman–Crippen LogP) is 3.55. The van der Waals surface area contributed by atoms with Gasteiger partial charge in [0.1, 0.15) is 5.60 Å². The molecule has 0 N–H and O–H groups in total. The summed E-state index contributed by atoms with van der Waals surface area (Å²) < 4.78 is 23.9. The van der Waals surface area contributed by atoms with Crippen molar-refractivity contribution in [2.45, 2.75) is 26.4 Å². The molecule has 0 unspecified atom stereocenters. The van der Waals surface area contributed by atoms with E-state index in [2.05, 4.69) is 15.9 Å². The van der Waals surface area contributed by atoms with Gasteiger partial charge in [-0.1, -0.05) is 0 Å². The van der Waals surface area contributed by atoms with Gasteiger partial charge in [-0.3, -0.25) is 0 Å². The lowest BCUT2D eigenvalue weighted by Gasteiger charge is -2.19. The quantitative estimate of drug-likeness (QED) is 0.784. The van der Waals surface area contributed by atoms with Crippen LogP contribution in [-0.4, -0.2) is 18.7 Å². The van der Waals surface area contributed by atoms with Gasteiger partial charge in [-0.15, -0.1) is 0 Å². The van der Waals surface area contributed by atoms with E-state index in [1.165, 1.54) is 13.2 Å². The summed E-state index contributed by atoms with van der Waals surface area (Å²) >= 11 is 3.13. The molecular weight excluding hydrogens is 291 g/mol. The Morgan fingerprint density at radius 3 is 2.35 bits per heavy atom. The monoisotopic (exact) mass is 304 g/mol. The molecule has 0 saturated heterocycles. The summed E-state index contributed by atoms with van der Waals surface area (Å²) in [5.41, 5.74) is -0.468. The van der Waals surface area contributed by atoms with E-state index >= 15 is 0 Å². The molecule has 1 aromatic rings. The standard InChI is InChI=1S/C12H14BrFO3/c1-12(2,3)17-11(15)7-5-8(13)10(16-4)9(14)6-7/h5-6H,1-4H3. The maximum absolute atomic E-state index is 13.5. The van der Waals surface area contributed by atoms with Crippen molar-refractivity contribution < 1.29 is 18.7 Å². The van der Waals surface area contributed by atoms with Gasteiger partial charge in [-0.2, -0.15) is 0 Å². The van der Waals surface area contributed by atoms with E-state index in [4.69, 9.17) is 9.47 Å². The van der Waals surface area contributed by atoms with Crippen LogP contribution in [0.3, 0.4) is 0 Å². The molecule has 1 aromatic carbocycles. The van der Waals surface area contributed by atoms with Crippen LogP contribution in [0, 0.1) is 5.82 Å². The maximum Gasteiger partial charge on any atom is 0.338 e. The van der Waals surface area contributed by atoms with E-state index in [1.54, 1.807) is 20.8 Å². The van der Waals surface area contributed by atoms with Gasteiger partial charge in [0.2, 0.25) is 0 Å². The lowest BCUT2D eigenvalue weighted by Crippen LogP contribution is -2.24. The first kappa shape index (κ1) is 14.0. The first-order valence-electron chi connectivity index (χ1n) is 5.01. The van der Waals surface area contributed by atoms with Crippen molar-refractivity contribution in [3.8, 4) is 5.75 Å². The Morgan fingerprint density at radius 1 is 1.35 bits per heavy atom. The second-order valence-electron chi connectivity index (χ2n) is 4.48. The summed E-state index contributed by atoms with van der Waals surface area (Å²) in [4.78, 5) is 11.7. The Labute approximate surface area is 108 Å². The number of carbonyl (C=O) groups is 1. The summed E-state index contributed by atoms with van der Waals surface area (Å²) in [5.74, 6) is -1.11. The zero-order chi connectivity index (χ0) is 13.2. The van der Waals surface area contributed by atoms with Crippen LogP contribution in [-0.2, 0) is 4.74 Å². The minimum Gasteiger partial charge on any atom is -0.492 e. The van der Waals surface area contributed by atoms with Gasteiger partial charge in [0, 0.05) is 0 Å². The molecule has 1 rings (SSSR count). The van der Waals surface area contributed by atoms with Crippen LogP contribution in [0.25, 0.3) is 0 Å². The first-order valence-corrected chi connectivity index (χ1v) is 5.80. The fourth-order valence-electron chi connectivity index (χ4n) is 1.21. The Balaban J connectivity index is 3.05. The van der Waals surface area contributed by atoms with E-state index in [0.29, 0.717) is 4.47 Å². The molecule has 0 aliphatic rings. The minimum atomic E-state index is -0.611. The molecule has 17 heavy (non-hydrogen) atoms. The topological polar surface area (TPSA) is 35.5 Å². The molecule has 0 saturated carbocycles. The van der Waals surface area contributed by atoms with Gasteiger partial charge >= 0.3 is 5.97 Å². The van der Waals surface area contributed by atoms with Crippen LogP contribution in [0.1, 0.15) is 31.1 Å². The molecule has 0 spiro atoms. The van der Waals surface area contributed by atoms with Gasteiger partial charge in [0.05, 0.1) is 17.1 Å². The number of halogens is 2. The number of hydrogen-bond donors (Lipinski definition) is 0. The van der Waals surface area contributed by atoms with Crippen molar-refractivity contribution in [3.63, 3.8) is 0 Å². The summed E-state index contributed by atoms with van der Waals surface area (Å²) in [5, 5.41) is 0. The summed E-state index contributed by atoms with van der Waals surface area (Å²) in [6, 6.07) is 2.56. The number of hydrogen-bond acceptors (Lipinski definition) is 3. The molecule has 0 aliphatic heterocycles. The summed E-state index contributed by atoms with van der Waals surface area (Å²) in [6.07, 6.45) is 0. The highest BCUT2D eigenvalue weighted by Crippen LogP contribution is 2.29. The smallest absolute Gasteiger partial charge is 0.338 e. The number of benzene rings is 1. The Hall–Kier alpha value is -1.10. The Kier molecular flexibility index (Phi) is 4.14. The molecule has 0 atom stereocenters. The predicted molar refractivity (Wildman–Crippen MR) is 65.8 cm³/mol. The third-order valence-corrected chi connectivity index (χ3v) is 2.43. The number of esters is 1. The third kappa shape index (κ3) is 3.70. The van der Waals surface area contributed by atoms with E-state index in [9.17, 15) is 9.18 Å². The van der Waals surface area contributed by atoms with Crippen molar-refractivity contribution in [1.29, 1.82) is 0 Å². The summed E-state index contributed by atoms with van der Waals surface area (Å²) in [7, 11) is 1.36. The highest BCUT2D eigenvalue weighted by molar-refractivity contribution is 9.10. The maximum atomic E-state index is 13.5. The van der Waals surface area contributed by atoms with E-state index in [-0.39, 0.29) is 11.3 Å². The van der Waals surface area contributed by atoms with Gasteiger partial charge in [0.25, 0.3) is 0 Å². The van der Waals surface area contributed by atoms with Crippen molar-refractivity contribution in [2.75, 3.05) is 7.11 Å². The highest BCUT2D eigenvalue weighted by Gasteiger charge is 2.20. The zero-order valence-electron chi connectivity index (χ0n) is 10.1. The lowest BCUT2D eigenvalue weighted by molar-refractivity contribution is 0.00689. The molecule has 94 valence electrons. The number of methoxy groups -OCH3 is 1. The van der Waals surface area contributed by atoms with Crippen LogP contribution < -0.4 is 4.74 Å². The van der Waals surface area contributed by atoms with Gasteiger partial charge in [-0.05, 0) is 48.8 Å². The fourth-order valence-corrected chi connectivity index (χ4v) is 1.81. The van der Waals surface area contributed by atoms with Crippen molar-refractivity contribution in [1.82, 2.24) is 0 Å². The van der Waals surface area contributed by atoms with Crippen LogP contribution >= 0.6 is 15.9 Å². The SMILES string of the molecule is COc1c(F)cc(C(=O)OC(C)(C)C)cc1Br. The Bertz CT molecular complexity index is 415. The Morgan fingerprint density at radius 2 is 1.94 bits per heavy atom. The number of rotatable bonds is 2. The van der Waals surface area contributed by atoms with Crippen LogP contribution in [0.15, 0.2) is 16.6 Å². The first-order chi connectivity index (χ1) is 7.74. The molecule has 0 bridgehead atoms. The highest BCUT2D eigenvalue weighted by atomic mass is 79.9. The largest absolute Gasteiger partial charge is 0.492 e. The van der Waals surface area contributed by atoms with Crippen molar-refractivity contribution >= 4 is 21.9 Å². The molecular formula is C12H14BrFO3. The second kappa shape index (κ2) is 5.04. The van der Waals surface area contributed by atoms with Gasteiger partial charge in [0.15, 0.2) is 11.6 Å². The lowest BCUT2D eigenvalue weighted by atomic mass is 10.1. The van der Waals surface area contributed by atoms with Crippen LogP contribution in [0.5, 0.6) is 5.75 Å². The molecule has 0 aliphatic carbocycles. The molecule has 0 fully saturated rings. The molecule has 0 heterocycles. The van der Waals surface area contributed by atoms with E-state index < -0.39 is 17.4 Å². The fraction of sp³-hybridized carbons (Fsp3) is 0.417. The van der Waals surface area contributed by atoms with Crippen molar-refractivity contribution in [3.05, 3.63) is 28.0 Å². The molecule has 0 aromatic heterocycles. The van der Waals surface area contributed by atoms with E-state index in [1.807, 2.05) is 0 Å². The van der Waals surface area contributed by atoms with Crippen LogP contribution in [0.2, 0.25) is 0 Å². The van der Waals surface area contributed by atoms with Gasteiger partial charge < -0.3 is 9.47 Å². The number of carbonyl (C=O) groups excluding carboxylic acids is 1. The van der Waals surface area contributed by atoms with Crippen molar-refractivity contribution in [2.24, 2.45) is 0 Å². The average molecular weight is 305 g/mol. The summed E-state index contributed by atoms with van der Waals surface area (Å²) in [6.45, 7) is 5.25. The van der Waals surface area contributed by atoms with E-state index in [0.717, 1.165) is 6.07 Å². The van der Waals surface area contributed by atoms with Crippen LogP contribution in [0.4, 0.5) is 4.39 Å².